The van der Waals surface area contributed by atoms with Crippen LogP contribution in [0.3, 0.4) is 0 Å². The predicted octanol–water partition coefficient (Wildman–Crippen LogP) is 6.79. The first-order valence-electron chi connectivity index (χ1n) is 15.5. The van der Waals surface area contributed by atoms with Gasteiger partial charge in [0.15, 0.2) is 11.6 Å². The summed E-state index contributed by atoms with van der Waals surface area (Å²) in [6, 6.07) is 14.7. The first-order chi connectivity index (χ1) is 23.1. The Kier molecular flexibility index (Phi) is 9.22. The molecule has 5 aromatic rings. The van der Waals surface area contributed by atoms with Crippen LogP contribution in [0.1, 0.15) is 48.6 Å². The Bertz CT molecular complexity index is 2050. The quantitative estimate of drug-likeness (QED) is 0.125. The van der Waals surface area contributed by atoms with E-state index in [0.29, 0.717) is 41.4 Å². The van der Waals surface area contributed by atoms with E-state index >= 15 is 8.78 Å². The number of rotatable bonds is 3. The van der Waals surface area contributed by atoms with E-state index in [4.69, 9.17) is 9.47 Å². The number of hydrogen-bond acceptors (Lipinski definition) is 6. The molecule has 11 heteroatoms. The highest BCUT2D eigenvalue weighted by Crippen LogP contribution is 2.40. The van der Waals surface area contributed by atoms with Gasteiger partial charge < -0.3 is 29.9 Å². The zero-order valence-corrected chi connectivity index (χ0v) is 26.3. The molecule has 1 aliphatic heterocycles. The number of benzene rings is 3. The van der Waals surface area contributed by atoms with Crippen molar-refractivity contribution in [3.05, 3.63) is 113 Å². The van der Waals surface area contributed by atoms with Crippen molar-refractivity contribution in [2.75, 3.05) is 13.7 Å². The number of methoxy groups -OCH3 is 1. The normalized spacial score (nSPS) is 19.4. The second-order valence-corrected chi connectivity index (χ2v) is 11.9. The van der Waals surface area contributed by atoms with Crippen LogP contribution in [0.15, 0.2) is 79.1 Å². The van der Waals surface area contributed by atoms with Crippen molar-refractivity contribution in [3.63, 3.8) is 0 Å². The lowest BCUT2D eigenvalue weighted by atomic mass is 9.75. The Hall–Kier alpha value is -5.55. The number of nitrogens with zero attached hydrogens (tertiary/aromatic N) is 1. The van der Waals surface area contributed by atoms with Crippen molar-refractivity contribution in [3.8, 4) is 22.9 Å². The topological polar surface area (TPSA) is 129 Å². The number of carbonyl (C=O) groups is 2. The van der Waals surface area contributed by atoms with Gasteiger partial charge in [0.2, 0.25) is 5.91 Å². The fourth-order valence-electron chi connectivity index (χ4n) is 5.94. The highest BCUT2D eigenvalue weighted by molar-refractivity contribution is 5.97. The van der Waals surface area contributed by atoms with Crippen molar-refractivity contribution in [2.24, 2.45) is 0 Å². The lowest BCUT2D eigenvalue weighted by Crippen LogP contribution is -2.31. The van der Waals surface area contributed by atoms with Crippen LogP contribution in [-0.2, 0) is 19.7 Å². The number of carbonyl (C=O) groups excluding carboxylic acids is 2. The maximum absolute atomic E-state index is 15.5. The Balaban J connectivity index is 1.44. The standard InChI is InChI=1S/C37H34F2N4O5/c1-37(23-6-3-5-22(17-23)8-13-34(46)47-2)15-4-7-24(44)20-41-33(45)12-10-27-26-14-16-40-31(26)19-30(39)35(27)48-25-9-11-29(38)28(18-25)36-42-21-32(37)43-36/h3,5-6,8-14,16-19,21,24,40,44H,4,7,15,20H2,1-2H3,(H,41,45)(H,42,43)/b12-10+,13-8+. The van der Waals surface area contributed by atoms with Gasteiger partial charge in [0.1, 0.15) is 17.4 Å². The molecular formula is C37H34F2N4O5. The minimum atomic E-state index is -0.833. The molecular weight excluding hydrogens is 618 g/mol. The number of aromatic amines is 2. The third-order valence-electron chi connectivity index (χ3n) is 8.65. The Morgan fingerprint density at radius 1 is 1.12 bits per heavy atom. The van der Waals surface area contributed by atoms with Gasteiger partial charge in [0.25, 0.3) is 0 Å². The van der Waals surface area contributed by atoms with Crippen LogP contribution < -0.4 is 10.1 Å². The van der Waals surface area contributed by atoms with E-state index in [0.717, 1.165) is 11.1 Å². The zero-order valence-electron chi connectivity index (χ0n) is 26.3. The number of aliphatic hydroxyl groups is 1. The molecule has 48 heavy (non-hydrogen) atoms. The number of β-amino-alcohol motifs (C(OH)–C–C–N with tert-alkyl or cyclic N) is 1. The minimum absolute atomic E-state index is 0.0130. The molecule has 2 aromatic heterocycles. The van der Waals surface area contributed by atoms with Crippen LogP contribution in [0.2, 0.25) is 0 Å². The maximum atomic E-state index is 15.5. The van der Waals surface area contributed by atoms with Crippen LogP contribution >= 0.6 is 0 Å². The molecule has 0 saturated heterocycles. The molecule has 3 aromatic carbocycles. The van der Waals surface area contributed by atoms with Crippen molar-refractivity contribution >= 4 is 34.9 Å². The lowest BCUT2D eigenvalue weighted by Gasteiger charge is -2.30. The Morgan fingerprint density at radius 3 is 2.81 bits per heavy atom. The van der Waals surface area contributed by atoms with Crippen LogP contribution in [0.25, 0.3) is 34.4 Å². The number of fused-ring (bicyclic) bond motifs is 8. The van der Waals surface area contributed by atoms with Crippen LogP contribution in [0.4, 0.5) is 8.78 Å². The highest BCUT2D eigenvalue weighted by Gasteiger charge is 2.32. The summed E-state index contributed by atoms with van der Waals surface area (Å²) in [5.41, 5.74) is 2.59. The number of halogens is 2. The SMILES string of the molecule is COC(=O)/C=C/c1cccc(C2(C)CCCC(O)CNC(=O)/C=C/c3c(c(F)cc4[nH]ccc34)Oc3ccc(F)c(c3)-c3ncc2[nH]3)c1. The fourth-order valence-corrected chi connectivity index (χ4v) is 5.94. The molecule has 0 aliphatic carbocycles. The second-order valence-electron chi connectivity index (χ2n) is 11.9. The summed E-state index contributed by atoms with van der Waals surface area (Å²) < 4.78 is 41.6. The number of H-pyrrole nitrogens is 2. The highest BCUT2D eigenvalue weighted by atomic mass is 19.1. The van der Waals surface area contributed by atoms with E-state index in [9.17, 15) is 14.7 Å². The van der Waals surface area contributed by atoms with Crippen molar-refractivity contribution in [1.82, 2.24) is 20.3 Å². The van der Waals surface area contributed by atoms with Gasteiger partial charge in [-0.3, -0.25) is 4.79 Å². The monoisotopic (exact) mass is 652 g/mol. The minimum Gasteiger partial charge on any atom is -0.466 e. The van der Waals surface area contributed by atoms with Gasteiger partial charge in [-0.05, 0) is 73.7 Å². The average molecular weight is 653 g/mol. The van der Waals surface area contributed by atoms with Gasteiger partial charge >= 0.3 is 5.97 Å². The Labute approximate surface area is 275 Å². The largest absolute Gasteiger partial charge is 0.466 e. The number of aliphatic hydroxyl groups excluding tert-OH is 1. The van der Waals surface area contributed by atoms with Gasteiger partial charge in [0.05, 0.1) is 18.8 Å². The van der Waals surface area contributed by atoms with Crippen molar-refractivity contribution in [2.45, 2.75) is 37.7 Å². The molecule has 3 heterocycles. The number of nitrogens with one attached hydrogen (secondary N) is 3. The molecule has 0 radical (unpaired) electrons. The lowest BCUT2D eigenvalue weighted by molar-refractivity contribution is -0.134. The molecule has 6 rings (SSSR count). The zero-order chi connectivity index (χ0) is 33.8. The Morgan fingerprint density at radius 2 is 1.98 bits per heavy atom. The first kappa shape index (κ1) is 32.4. The molecule has 0 saturated carbocycles. The van der Waals surface area contributed by atoms with E-state index in [-0.39, 0.29) is 29.4 Å². The summed E-state index contributed by atoms with van der Waals surface area (Å²) in [6.45, 7) is 2.03. The summed E-state index contributed by atoms with van der Waals surface area (Å²) in [6.07, 6.45) is 9.67. The van der Waals surface area contributed by atoms with Crippen LogP contribution in [0, 0.1) is 11.6 Å². The molecule has 0 fully saturated rings. The second kappa shape index (κ2) is 13.7. The fraction of sp³-hybridized carbons (Fsp3) is 0.216. The molecule has 9 nitrogen and oxygen atoms in total. The van der Waals surface area contributed by atoms with Crippen LogP contribution in [-0.4, -0.2) is 51.7 Å². The number of ether oxygens (including phenoxy) is 2. The third-order valence-corrected chi connectivity index (χ3v) is 8.65. The van der Waals surface area contributed by atoms with E-state index in [1.807, 2.05) is 31.2 Å². The third kappa shape index (κ3) is 6.77. The van der Waals surface area contributed by atoms with Gasteiger partial charge in [-0.1, -0.05) is 24.3 Å². The maximum Gasteiger partial charge on any atom is 0.330 e. The van der Waals surface area contributed by atoms with Crippen molar-refractivity contribution in [1.29, 1.82) is 0 Å². The smallest absolute Gasteiger partial charge is 0.330 e. The summed E-state index contributed by atoms with van der Waals surface area (Å²) in [4.78, 5) is 35.3. The summed E-state index contributed by atoms with van der Waals surface area (Å²) >= 11 is 0. The summed E-state index contributed by atoms with van der Waals surface area (Å²) in [5.74, 6) is -1.94. The first-order valence-corrected chi connectivity index (χ1v) is 15.5. The molecule has 1 aliphatic rings. The molecule has 246 valence electrons. The predicted molar refractivity (Wildman–Crippen MR) is 178 cm³/mol. The molecule has 2 unspecified atom stereocenters. The average Bonchev–Trinajstić information content (AvgIpc) is 3.77. The van der Waals surface area contributed by atoms with Gasteiger partial charge in [-0.15, -0.1) is 0 Å². The van der Waals surface area contributed by atoms with Gasteiger partial charge in [-0.25, -0.2) is 18.6 Å². The molecule has 4 N–H and O–H groups in total. The van der Waals surface area contributed by atoms with E-state index in [1.165, 1.54) is 49.6 Å². The number of imidazole rings is 1. The van der Waals surface area contributed by atoms with Crippen LogP contribution in [0.5, 0.6) is 11.5 Å². The van der Waals surface area contributed by atoms with Gasteiger partial charge in [-0.2, -0.15) is 0 Å². The summed E-state index contributed by atoms with van der Waals surface area (Å²) in [7, 11) is 1.31. The van der Waals surface area contributed by atoms with Crippen molar-refractivity contribution < 1.29 is 33.0 Å². The van der Waals surface area contributed by atoms with E-state index in [1.54, 1.807) is 24.5 Å². The molecule has 1 amide bonds. The molecule has 0 spiro atoms. The van der Waals surface area contributed by atoms with Gasteiger partial charge in [0, 0.05) is 64.7 Å². The van der Waals surface area contributed by atoms with E-state index in [2.05, 4.69) is 20.3 Å². The number of amides is 1. The molecule has 4 bridgehead atoms. The summed E-state index contributed by atoms with van der Waals surface area (Å²) in [5, 5.41) is 14.1. The molecule has 2 atom stereocenters. The van der Waals surface area contributed by atoms with E-state index < -0.39 is 35.0 Å². The number of esters is 1. The number of hydrogen-bond donors (Lipinski definition) is 4. The number of aromatic nitrogens is 3.